The maximum absolute atomic E-state index is 13.0. The van der Waals surface area contributed by atoms with Crippen LogP contribution in [0.25, 0.3) is 20.2 Å². The fraction of sp³-hybridized carbons (Fsp3) is 0.381. The fourth-order valence-corrected chi connectivity index (χ4v) is 4.24. The molecule has 1 heterocycles. The van der Waals surface area contributed by atoms with E-state index in [-0.39, 0.29) is 5.43 Å². The Bertz CT molecular complexity index is 1130. The molecular formula is C21H28N2O4S2. The van der Waals surface area contributed by atoms with Gasteiger partial charge in [-0.25, -0.2) is 0 Å². The van der Waals surface area contributed by atoms with Crippen LogP contribution in [0.4, 0.5) is 5.69 Å². The molecule has 0 spiro atoms. The Morgan fingerprint density at radius 2 is 1.72 bits per heavy atom. The lowest BCUT2D eigenvalue weighted by molar-refractivity contribution is 0.316. The minimum absolute atomic E-state index is 0.133. The van der Waals surface area contributed by atoms with Crippen LogP contribution in [0.3, 0.4) is 0 Å². The van der Waals surface area contributed by atoms with Crippen LogP contribution >= 0.6 is 11.3 Å². The maximum atomic E-state index is 13.0. The lowest BCUT2D eigenvalue weighted by atomic mass is 10.1. The van der Waals surface area contributed by atoms with Gasteiger partial charge in [-0.05, 0) is 43.8 Å². The zero-order chi connectivity index (χ0) is 21.6. The van der Waals surface area contributed by atoms with Crippen molar-refractivity contribution in [3.05, 3.63) is 52.2 Å². The van der Waals surface area contributed by atoms with Gasteiger partial charge in [-0.3, -0.25) is 9.35 Å². The molecule has 0 saturated heterocycles. The number of nitrogens with zero attached hydrogens (tertiary/aromatic N) is 1. The Hall–Kier alpha value is -2.00. The number of hydrogen-bond donors (Lipinski definition) is 2. The fourth-order valence-electron chi connectivity index (χ4n) is 3.07. The van der Waals surface area contributed by atoms with Gasteiger partial charge in [-0.1, -0.05) is 32.0 Å². The molecule has 0 fully saturated rings. The monoisotopic (exact) mass is 436 g/mol. The van der Waals surface area contributed by atoms with Gasteiger partial charge in [-0.2, -0.15) is 8.42 Å². The Labute approximate surface area is 175 Å². The molecule has 0 atom stereocenters. The predicted octanol–water partition coefficient (Wildman–Crippen LogP) is 3.98. The highest BCUT2D eigenvalue weighted by Crippen LogP contribution is 2.31. The van der Waals surface area contributed by atoms with E-state index < -0.39 is 10.1 Å². The SMILES string of the molecule is CCN(CC)CCNc1ccc(C)c2sc3ccccc3c(=O)c12.CS(=O)(=O)O. The standard InChI is InChI=1S/C20H24N2OS.CH4O3S/c1-4-22(5-2)13-12-21-16-11-10-14(3)20-18(16)19(23)15-8-6-7-9-17(15)24-20;1-5(2,3)4/h6-11,21H,4-5,12-13H2,1-3H3;1H3,(H,2,3,4). The Morgan fingerprint density at radius 3 is 2.34 bits per heavy atom. The van der Waals surface area contributed by atoms with E-state index in [0.717, 1.165) is 57.6 Å². The van der Waals surface area contributed by atoms with Gasteiger partial charge >= 0.3 is 0 Å². The zero-order valence-corrected chi connectivity index (χ0v) is 18.9. The van der Waals surface area contributed by atoms with E-state index in [1.165, 1.54) is 0 Å². The van der Waals surface area contributed by atoms with E-state index in [1.807, 2.05) is 30.3 Å². The van der Waals surface area contributed by atoms with Gasteiger partial charge in [0.1, 0.15) is 0 Å². The molecule has 2 N–H and O–H groups in total. The molecule has 3 aromatic rings. The average molecular weight is 437 g/mol. The second kappa shape index (κ2) is 10.2. The smallest absolute Gasteiger partial charge is 0.261 e. The lowest BCUT2D eigenvalue weighted by Crippen LogP contribution is -2.28. The van der Waals surface area contributed by atoms with Gasteiger partial charge in [0.05, 0.1) is 11.6 Å². The van der Waals surface area contributed by atoms with E-state index in [0.29, 0.717) is 6.26 Å². The molecule has 0 aliphatic carbocycles. The molecule has 0 radical (unpaired) electrons. The first-order valence-electron chi connectivity index (χ1n) is 9.49. The molecule has 0 saturated carbocycles. The highest BCUT2D eigenvalue weighted by atomic mass is 32.2. The number of aryl methyl sites for hydroxylation is 1. The van der Waals surface area contributed by atoms with Crippen molar-refractivity contribution in [2.45, 2.75) is 20.8 Å². The van der Waals surface area contributed by atoms with E-state index in [4.69, 9.17) is 4.55 Å². The summed E-state index contributed by atoms with van der Waals surface area (Å²) >= 11 is 1.70. The van der Waals surface area contributed by atoms with Crippen LogP contribution in [0.2, 0.25) is 0 Å². The van der Waals surface area contributed by atoms with Crippen LogP contribution in [-0.2, 0) is 10.1 Å². The van der Waals surface area contributed by atoms with E-state index in [2.05, 4.69) is 37.1 Å². The van der Waals surface area contributed by atoms with Gasteiger partial charge in [0.15, 0.2) is 5.43 Å². The van der Waals surface area contributed by atoms with E-state index >= 15 is 0 Å². The topological polar surface area (TPSA) is 86.7 Å². The third-order valence-corrected chi connectivity index (χ3v) is 5.87. The maximum Gasteiger partial charge on any atom is 0.261 e. The summed E-state index contributed by atoms with van der Waals surface area (Å²) in [5, 5.41) is 5.13. The van der Waals surface area contributed by atoms with E-state index in [1.54, 1.807) is 11.3 Å². The summed E-state index contributed by atoms with van der Waals surface area (Å²) in [5.74, 6) is 0. The Kier molecular flexibility index (Phi) is 8.15. The van der Waals surface area contributed by atoms with Gasteiger partial charge < -0.3 is 10.2 Å². The normalized spacial score (nSPS) is 11.5. The predicted molar refractivity (Wildman–Crippen MR) is 124 cm³/mol. The van der Waals surface area contributed by atoms with Crippen LogP contribution in [0.5, 0.6) is 0 Å². The summed E-state index contributed by atoms with van der Waals surface area (Å²) in [6, 6.07) is 12.0. The van der Waals surface area contributed by atoms with Crippen LogP contribution in [0, 0.1) is 6.92 Å². The summed E-state index contributed by atoms with van der Waals surface area (Å²) in [7, 11) is -3.67. The Morgan fingerprint density at radius 1 is 1.10 bits per heavy atom. The molecule has 8 heteroatoms. The van der Waals surface area contributed by atoms with Gasteiger partial charge in [-0.15, -0.1) is 11.3 Å². The largest absolute Gasteiger partial charge is 0.383 e. The zero-order valence-electron chi connectivity index (χ0n) is 17.2. The highest BCUT2D eigenvalue weighted by Gasteiger charge is 2.12. The molecule has 158 valence electrons. The number of nitrogens with one attached hydrogen (secondary N) is 1. The molecule has 29 heavy (non-hydrogen) atoms. The van der Waals surface area contributed by atoms with Crippen molar-refractivity contribution < 1.29 is 13.0 Å². The first kappa shape index (κ1) is 23.3. The number of hydrogen-bond acceptors (Lipinski definition) is 6. The van der Waals surface area contributed by atoms with E-state index in [9.17, 15) is 13.2 Å². The summed E-state index contributed by atoms with van der Waals surface area (Å²) < 4.78 is 28.0. The van der Waals surface area contributed by atoms with Crippen molar-refractivity contribution >= 4 is 47.3 Å². The van der Waals surface area contributed by atoms with Gasteiger partial charge in [0.25, 0.3) is 10.1 Å². The number of likely N-dealkylation sites (N-methyl/N-ethyl adjacent to an activating group) is 1. The molecule has 0 aliphatic heterocycles. The minimum atomic E-state index is -3.67. The second-order valence-corrected chi connectivity index (χ2v) is 9.27. The molecule has 0 amide bonds. The lowest BCUT2D eigenvalue weighted by Gasteiger charge is -2.19. The highest BCUT2D eigenvalue weighted by molar-refractivity contribution is 7.85. The molecule has 0 bridgehead atoms. The molecular weight excluding hydrogens is 408 g/mol. The number of benzene rings is 2. The first-order valence-corrected chi connectivity index (χ1v) is 12.2. The van der Waals surface area contributed by atoms with Crippen molar-refractivity contribution in [2.75, 3.05) is 37.8 Å². The summed E-state index contributed by atoms with van der Waals surface area (Å²) in [4.78, 5) is 15.4. The second-order valence-electron chi connectivity index (χ2n) is 6.75. The Balaban J connectivity index is 0.000000537. The van der Waals surface area contributed by atoms with Crippen LogP contribution in [0.1, 0.15) is 19.4 Å². The number of rotatable bonds is 6. The quantitative estimate of drug-likeness (QED) is 0.449. The van der Waals surface area contributed by atoms with Crippen molar-refractivity contribution in [3.8, 4) is 0 Å². The third-order valence-electron chi connectivity index (χ3n) is 4.56. The molecule has 0 aliphatic rings. The minimum Gasteiger partial charge on any atom is -0.383 e. The van der Waals surface area contributed by atoms with Crippen LogP contribution < -0.4 is 10.7 Å². The van der Waals surface area contributed by atoms with Crippen LogP contribution in [0.15, 0.2) is 41.2 Å². The molecule has 1 aromatic heterocycles. The van der Waals surface area contributed by atoms with Gasteiger partial charge in [0.2, 0.25) is 0 Å². The third kappa shape index (κ3) is 6.50. The summed E-state index contributed by atoms with van der Waals surface area (Å²) in [6.45, 7) is 10.3. The molecule has 0 unspecified atom stereocenters. The van der Waals surface area contributed by atoms with Crippen molar-refractivity contribution in [1.29, 1.82) is 0 Å². The van der Waals surface area contributed by atoms with Crippen molar-refractivity contribution in [2.24, 2.45) is 0 Å². The van der Waals surface area contributed by atoms with Gasteiger partial charge in [0, 0.05) is 33.6 Å². The number of fused-ring (bicyclic) bond motifs is 2. The van der Waals surface area contributed by atoms with Crippen molar-refractivity contribution in [1.82, 2.24) is 4.90 Å². The summed E-state index contributed by atoms with van der Waals surface area (Å²) in [5.41, 5.74) is 2.25. The molecule has 6 nitrogen and oxygen atoms in total. The average Bonchev–Trinajstić information content (AvgIpc) is 2.66. The van der Waals surface area contributed by atoms with Crippen molar-refractivity contribution in [3.63, 3.8) is 0 Å². The molecule has 2 aromatic carbocycles. The summed E-state index contributed by atoms with van der Waals surface area (Å²) in [6.07, 6.45) is 0.715. The first-order chi connectivity index (χ1) is 13.7. The number of anilines is 1. The van der Waals surface area contributed by atoms with Crippen LogP contribution in [-0.4, -0.2) is 50.3 Å². The molecule has 3 rings (SSSR count).